The summed E-state index contributed by atoms with van der Waals surface area (Å²) in [6.07, 6.45) is 5.32. The van der Waals surface area contributed by atoms with Gasteiger partial charge in [0.25, 0.3) is 0 Å². The molecule has 2 radical (unpaired) electrons. The quantitative estimate of drug-likeness (QED) is 0.525. The van der Waals surface area contributed by atoms with Gasteiger partial charge >= 0.3 is 0 Å². The molecule has 0 saturated carbocycles. The lowest BCUT2D eigenvalue weighted by molar-refractivity contribution is 0.106. The second kappa shape index (κ2) is 3.39. The summed E-state index contributed by atoms with van der Waals surface area (Å²) < 4.78 is 0. The minimum atomic E-state index is 0.568. The van der Waals surface area contributed by atoms with Crippen LogP contribution in [0.1, 0.15) is 25.7 Å². The Morgan fingerprint density at radius 1 is 1.17 bits per heavy atom. The number of piperidine rings is 2. The van der Waals surface area contributed by atoms with Gasteiger partial charge in [-0.3, -0.25) is 0 Å². The molecule has 0 unspecified atom stereocenters. The number of nitrogens with zero attached hydrogens (tertiary/aromatic N) is 1. The minimum Gasteiger partial charge on any atom is -0.353 e. The molecule has 0 aromatic rings. The van der Waals surface area contributed by atoms with Gasteiger partial charge in [-0.15, -0.1) is 0 Å². The van der Waals surface area contributed by atoms with Crippen molar-refractivity contribution in [1.29, 1.82) is 0 Å². The van der Waals surface area contributed by atoms with Crippen LogP contribution in [0, 0.1) is 5.41 Å². The zero-order valence-corrected chi connectivity index (χ0v) is 7.68. The molecule has 0 bridgehead atoms. The Morgan fingerprint density at radius 2 is 1.92 bits per heavy atom. The first kappa shape index (κ1) is 8.58. The molecule has 2 nitrogen and oxygen atoms in total. The summed E-state index contributed by atoms with van der Waals surface area (Å²) in [5.74, 6) is 0. The first-order valence-corrected chi connectivity index (χ1v) is 5.01. The van der Waals surface area contributed by atoms with E-state index < -0.39 is 0 Å². The van der Waals surface area contributed by atoms with Gasteiger partial charge in [0.05, 0.1) is 0 Å². The van der Waals surface area contributed by atoms with Gasteiger partial charge in [-0.25, -0.2) is 0 Å². The maximum absolute atomic E-state index is 5.85. The lowest BCUT2D eigenvalue weighted by Crippen LogP contribution is -2.47. The summed E-state index contributed by atoms with van der Waals surface area (Å²) in [5, 5.41) is 3.41. The van der Waals surface area contributed by atoms with Gasteiger partial charge in [0.2, 0.25) is 0 Å². The van der Waals surface area contributed by atoms with E-state index in [1.54, 1.807) is 0 Å². The third-order valence-electron chi connectivity index (χ3n) is 3.36. The molecule has 0 aromatic heterocycles. The van der Waals surface area contributed by atoms with Crippen molar-refractivity contribution in [3.63, 3.8) is 0 Å². The smallest absolute Gasteiger partial charge is 0.182 e. The predicted molar refractivity (Wildman–Crippen MR) is 51.1 cm³/mol. The van der Waals surface area contributed by atoms with Gasteiger partial charge in [0.1, 0.15) is 0 Å². The van der Waals surface area contributed by atoms with E-state index in [2.05, 4.69) is 5.32 Å². The van der Waals surface area contributed by atoms with Crippen molar-refractivity contribution >= 4 is 7.98 Å². The van der Waals surface area contributed by atoms with Gasteiger partial charge in [0.15, 0.2) is 7.98 Å². The summed E-state index contributed by atoms with van der Waals surface area (Å²) in [5.41, 5.74) is 0.568. The summed E-state index contributed by atoms with van der Waals surface area (Å²) in [6.45, 7) is 4.59. The first-order chi connectivity index (χ1) is 5.81. The average molecular weight is 164 g/mol. The molecule has 12 heavy (non-hydrogen) atoms. The maximum atomic E-state index is 5.85. The van der Waals surface area contributed by atoms with Crippen molar-refractivity contribution in [3.05, 3.63) is 0 Å². The monoisotopic (exact) mass is 164 g/mol. The van der Waals surface area contributed by atoms with Crippen LogP contribution in [0.2, 0.25) is 0 Å². The van der Waals surface area contributed by atoms with Crippen molar-refractivity contribution < 1.29 is 0 Å². The highest BCUT2D eigenvalue weighted by molar-refractivity contribution is 6.04. The molecule has 3 heteroatoms. The Balaban J connectivity index is 1.97. The first-order valence-electron chi connectivity index (χ1n) is 5.01. The van der Waals surface area contributed by atoms with Gasteiger partial charge in [-0.05, 0) is 57.3 Å². The molecule has 2 heterocycles. The molecule has 1 N–H and O–H groups in total. The van der Waals surface area contributed by atoms with E-state index in [1.165, 1.54) is 38.8 Å². The molecule has 66 valence electrons. The van der Waals surface area contributed by atoms with Crippen molar-refractivity contribution in [1.82, 2.24) is 10.1 Å². The third kappa shape index (κ3) is 1.67. The Kier molecular flexibility index (Phi) is 2.42. The zero-order chi connectivity index (χ0) is 8.44. The summed E-state index contributed by atoms with van der Waals surface area (Å²) in [7, 11) is 5.85. The fourth-order valence-electron chi connectivity index (χ4n) is 2.61. The fraction of sp³-hybridized carbons (Fsp3) is 1.00. The van der Waals surface area contributed by atoms with E-state index in [0.29, 0.717) is 5.41 Å². The fourth-order valence-corrected chi connectivity index (χ4v) is 2.61. The van der Waals surface area contributed by atoms with Crippen LogP contribution >= 0.6 is 0 Å². The second-order valence-corrected chi connectivity index (χ2v) is 4.32. The maximum Gasteiger partial charge on any atom is 0.182 e. The van der Waals surface area contributed by atoms with Gasteiger partial charge in [-0.1, -0.05) is 0 Å². The Labute approximate surface area is 76.1 Å². The van der Waals surface area contributed by atoms with Crippen LogP contribution in [0.3, 0.4) is 0 Å². The van der Waals surface area contributed by atoms with E-state index in [0.717, 1.165) is 13.1 Å². The lowest BCUT2D eigenvalue weighted by atomic mass is 9.72. The zero-order valence-electron chi connectivity index (χ0n) is 7.68. The van der Waals surface area contributed by atoms with Crippen LogP contribution < -0.4 is 5.32 Å². The number of nitrogens with one attached hydrogen (secondary N) is 1. The van der Waals surface area contributed by atoms with E-state index in [9.17, 15) is 0 Å². The molecular weight excluding hydrogens is 147 g/mol. The van der Waals surface area contributed by atoms with Crippen molar-refractivity contribution in [3.8, 4) is 0 Å². The molecule has 0 amide bonds. The highest BCUT2D eigenvalue weighted by atomic mass is 15.1. The molecular formula is C9H17BN2. The molecule has 0 aromatic carbocycles. The summed E-state index contributed by atoms with van der Waals surface area (Å²) in [6, 6.07) is 0. The van der Waals surface area contributed by atoms with E-state index in [1.807, 2.05) is 4.81 Å². The number of hydrogen-bond donors (Lipinski definition) is 1. The molecule has 2 fully saturated rings. The molecule has 0 atom stereocenters. The lowest BCUT2D eigenvalue weighted by Gasteiger charge is -2.44. The van der Waals surface area contributed by atoms with Crippen LogP contribution in [0.4, 0.5) is 0 Å². The predicted octanol–water partition coefficient (Wildman–Crippen LogP) is 0.535. The van der Waals surface area contributed by atoms with Gasteiger partial charge in [0, 0.05) is 0 Å². The molecule has 1 spiro atoms. The van der Waals surface area contributed by atoms with Gasteiger partial charge in [-0.2, -0.15) is 0 Å². The Morgan fingerprint density at radius 3 is 2.58 bits per heavy atom. The second-order valence-electron chi connectivity index (χ2n) is 4.32. The van der Waals surface area contributed by atoms with Crippen molar-refractivity contribution in [2.75, 3.05) is 26.2 Å². The van der Waals surface area contributed by atoms with Crippen molar-refractivity contribution in [2.24, 2.45) is 5.41 Å². The molecule has 2 rings (SSSR count). The molecule has 2 saturated heterocycles. The topological polar surface area (TPSA) is 15.3 Å². The number of rotatable bonds is 0. The Bertz CT molecular complexity index is 149. The molecule has 0 aliphatic carbocycles. The Hall–Kier alpha value is -0.0151. The van der Waals surface area contributed by atoms with E-state index in [4.69, 9.17) is 7.98 Å². The minimum absolute atomic E-state index is 0.568. The largest absolute Gasteiger partial charge is 0.353 e. The normalized spacial score (nSPS) is 30.7. The SMILES string of the molecule is [B]N1CCCC2(CCNCC2)C1. The average Bonchev–Trinajstić information content (AvgIpc) is 2.05. The highest BCUT2D eigenvalue weighted by Crippen LogP contribution is 2.37. The molecule has 2 aliphatic heterocycles. The van der Waals surface area contributed by atoms with Crippen molar-refractivity contribution in [2.45, 2.75) is 25.7 Å². The van der Waals surface area contributed by atoms with E-state index >= 15 is 0 Å². The van der Waals surface area contributed by atoms with Crippen LogP contribution in [0.15, 0.2) is 0 Å². The molecule has 2 aliphatic rings. The van der Waals surface area contributed by atoms with Crippen LogP contribution in [0.25, 0.3) is 0 Å². The van der Waals surface area contributed by atoms with Crippen LogP contribution in [-0.2, 0) is 0 Å². The summed E-state index contributed by atoms with van der Waals surface area (Å²) >= 11 is 0. The van der Waals surface area contributed by atoms with Crippen LogP contribution in [-0.4, -0.2) is 39.0 Å². The standard InChI is InChI=1S/C9H17BN2/c10-12-7-1-2-9(8-12)3-5-11-6-4-9/h11H,1-8H2. The third-order valence-corrected chi connectivity index (χ3v) is 3.36. The van der Waals surface area contributed by atoms with E-state index in [-0.39, 0.29) is 0 Å². The van der Waals surface area contributed by atoms with Crippen LogP contribution in [0.5, 0.6) is 0 Å². The van der Waals surface area contributed by atoms with Gasteiger partial charge < -0.3 is 10.1 Å². The number of hydrogen-bond acceptors (Lipinski definition) is 2. The summed E-state index contributed by atoms with van der Waals surface area (Å²) in [4.78, 5) is 2.01. The highest BCUT2D eigenvalue weighted by Gasteiger charge is 2.34.